The Labute approximate surface area is 326 Å². The van der Waals surface area contributed by atoms with E-state index in [4.69, 9.17) is 18.5 Å². The molecule has 0 aliphatic heterocycles. The molecule has 0 heterocycles. The summed E-state index contributed by atoms with van der Waals surface area (Å²) in [5.41, 5.74) is 0. The molecule has 0 radical (unpaired) electrons. The van der Waals surface area contributed by atoms with Crippen LogP contribution in [0.4, 0.5) is 0 Å². The molecule has 0 aromatic carbocycles. The van der Waals surface area contributed by atoms with Crippen LogP contribution in [-0.2, 0) is 32.7 Å². The van der Waals surface area contributed by atoms with Crippen molar-refractivity contribution in [2.24, 2.45) is 0 Å². The number of hydrogen-bond donors (Lipinski definition) is 0. The summed E-state index contributed by atoms with van der Waals surface area (Å²) in [7, 11) is 1.17. The molecule has 0 bridgehead atoms. The first-order chi connectivity index (χ1) is 25.5. The van der Waals surface area contributed by atoms with Crippen molar-refractivity contribution >= 4 is 19.8 Å². The van der Waals surface area contributed by atoms with Gasteiger partial charge in [0.05, 0.1) is 27.7 Å². The van der Waals surface area contributed by atoms with Gasteiger partial charge in [-0.2, -0.15) is 0 Å². The molecule has 0 aromatic heterocycles. The Balaban J connectivity index is 4.29. The smallest absolute Gasteiger partial charge is 0.306 e. The number of likely N-dealkylation sites (N-methyl/N-ethyl adjacent to an activating group) is 1. The van der Waals surface area contributed by atoms with Crippen molar-refractivity contribution in [1.29, 1.82) is 0 Å². The average molecular weight is 774 g/mol. The fourth-order valence-electron chi connectivity index (χ4n) is 6.06. The molecule has 0 amide bonds. The molecular weight excluding hydrogens is 689 g/mol. The Hall–Kier alpha value is -1.25. The Kier molecular flexibility index (Phi) is 35.5. The summed E-state index contributed by atoms with van der Waals surface area (Å²) in [6.07, 6.45) is 36.7. The van der Waals surface area contributed by atoms with Gasteiger partial charge in [-0.25, -0.2) is 0 Å². The van der Waals surface area contributed by atoms with E-state index in [0.717, 1.165) is 38.5 Å². The highest BCUT2D eigenvalue weighted by molar-refractivity contribution is 7.45. The number of ether oxygens (including phenoxy) is 2. The van der Waals surface area contributed by atoms with Crippen LogP contribution < -0.4 is 4.89 Å². The number of unbranched alkanes of at least 4 members (excludes halogenated alkanes) is 24. The lowest BCUT2D eigenvalue weighted by Gasteiger charge is -2.28. The highest BCUT2D eigenvalue weighted by Gasteiger charge is 2.21. The van der Waals surface area contributed by atoms with Crippen LogP contribution in [0, 0.1) is 0 Å². The minimum absolute atomic E-state index is 0.0282. The van der Waals surface area contributed by atoms with E-state index < -0.39 is 26.5 Å². The summed E-state index contributed by atoms with van der Waals surface area (Å²) in [6.45, 7) is 4.22. The lowest BCUT2D eigenvalue weighted by atomic mass is 10.1. The maximum Gasteiger partial charge on any atom is 0.306 e. The topological polar surface area (TPSA) is 111 Å². The molecular formula is C43H84NO8P. The Morgan fingerprint density at radius 2 is 0.962 bits per heavy atom. The van der Waals surface area contributed by atoms with E-state index in [-0.39, 0.29) is 32.0 Å². The number of carbonyl (C=O) groups excluding carboxylic acids is 2. The van der Waals surface area contributed by atoms with E-state index in [9.17, 15) is 19.0 Å². The van der Waals surface area contributed by atoms with Crippen LogP contribution in [0.2, 0.25) is 0 Å². The second kappa shape index (κ2) is 36.4. The first-order valence-corrected chi connectivity index (χ1v) is 23.4. The van der Waals surface area contributed by atoms with Crippen LogP contribution in [-0.4, -0.2) is 70.0 Å². The quantitative estimate of drug-likeness (QED) is 0.0199. The number of carbonyl (C=O) groups is 2. The van der Waals surface area contributed by atoms with Crippen LogP contribution in [0.5, 0.6) is 0 Å². The van der Waals surface area contributed by atoms with Gasteiger partial charge < -0.3 is 27.9 Å². The predicted octanol–water partition coefficient (Wildman–Crippen LogP) is 11.6. The van der Waals surface area contributed by atoms with Gasteiger partial charge >= 0.3 is 11.9 Å². The van der Waals surface area contributed by atoms with Gasteiger partial charge in [0, 0.05) is 12.8 Å². The minimum atomic E-state index is -4.62. The van der Waals surface area contributed by atoms with Crippen molar-refractivity contribution in [2.75, 3.05) is 47.5 Å². The van der Waals surface area contributed by atoms with E-state index >= 15 is 0 Å². The zero-order chi connectivity index (χ0) is 39.3. The number of esters is 2. The van der Waals surface area contributed by atoms with Gasteiger partial charge in [0.25, 0.3) is 7.82 Å². The normalized spacial score (nSPS) is 13.7. The maximum atomic E-state index is 12.7. The van der Waals surface area contributed by atoms with Gasteiger partial charge in [0.15, 0.2) is 6.10 Å². The minimum Gasteiger partial charge on any atom is -0.756 e. The number of allylic oxidation sites excluding steroid dienone is 2. The summed E-state index contributed by atoms with van der Waals surface area (Å²) in [5, 5.41) is 0. The first-order valence-electron chi connectivity index (χ1n) is 21.9. The predicted molar refractivity (Wildman–Crippen MR) is 218 cm³/mol. The van der Waals surface area contributed by atoms with E-state index in [1.807, 2.05) is 21.1 Å². The molecule has 10 heteroatoms. The SMILES string of the molecule is CCCCCCCC/C=C/CCCCCCCCCCCC(=O)O[C@H](COC(=O)CCCCCCCCCCCC)COP(=O)([O-])OCC[N+](C)(C)C. The molecule has 0 rings (SSSR count). The highest BCUT2D eigenvalue weighted by Crippen LogP contribution is 2.38. The maximum absolute atomic E-state index is 12.7. The molecule has 9 nitrogen and oxygen atoms in total. The van der Waals surface area contributed by atoms with Gasteiger partial charge in [-0.05, 0) is 38.5 Å². The van der Waals surface area contributed by atoms with Crippen molar-refractivity contribution in [3.63, 3.8) is 0 Å². The lowest BCUT2D eigenvalue weighted by molar-refractivity contribution is -0.870. The third kappa shape index (κ3) is 40.2. The summed E-state index contributed by atoms with van der Waals surface area (Å²) < 4.78 is 33.8. The van der Waals surface area contributed by atoms with Gasteiger partial charge in [-0.1, -0.05) is 161 Å². The molecule has 1 unspecified atom stereocenters. The van der Waals surface area contributed by atoms with E-state index in [1.54, 1.807) is 0 Å². The number of hydrogen-bond acceptors (Lipinski definition) is 8. The third-order valence-electron chi connectivity index (χ3n) is 9.54. The standard InChI is InChI=1S/C43H84NO8P/c1-6-8-10-12-14-16-18-19-20-21-22-23-24-25-26-28-30-32-34-36-43(46)52-41(40-51-53(47,48)50-38-37-44(3,4)5)39-49-42(45)35-33-31-29-27-17-15-13-11-9-7-2/h19-20,41H,6-18,21-40H2,1-5H3/b20-19+/t41-/m1/s1. The molecule has 2 atom stereocenters. The molecule has 0 saturated heterocycles. The number of rotatable bonds is 40. The zero-order valence-electron chi connectivity index (χ0n) is 35.2. The summed E-state index contributed by atoms with van der Waals surface area (Å²) in [6, 6.07) is 0. The zero-order valence-corrected chi connectivity index (χ0v) is 36.1. The second-order valence-electron chi connectivity index (χ2n) is 16.1. The molecule has 0 N–H and O–H groups in total. The van der Waals surface area contributed by atoms with E-state index in [1.165, 1.54) is 128 Å². The van der Waals surface area contributed by atoms with Gasteiger partial charge in [-0.3, -0.25) is 14.2 Å². The Morgan fingerprint density at radius 1 is 0.566 bits per heavy atom. The van der Waals surface area contributed by atoms with Gasteiger partial charge in [-0.15, -0.1) is 0 Å². The van der Waals surface area contributed by atoms with Crippen molar-refractivity contribution in [3.05, 3.63) is 12.2 Å². The largest absolute Gasteiger partial charge is 0.756 e. The lowest BCUT2D eigenvalue weighted by Crippen LogP contribution is -2.37. The molecule has 0 fully saturated rings. The fourth-order valence-corrected chi connectivity index (χ4v) is 6.79. The van der Waals surface area contributed by atoms with Crippen molar-refractivity contribution < 1.29 is 42.1 Å². The summed E-state index contributed by atoms with van der Waals surface area (Å²) in [5.74, 6) is -0.831. The number of quaternary nitrogens is 1. The number of phosphoric acid groups is 1. The Bertz CT molecular complexity index is 922. The molecule has 53 heavy (non-hydrogen) atoms. The van der Waals surface area contributed by atoms with E-state index in [2.05, 4.69) is 26.0 Å². The van der Waals surface area contributed by atoms with Crippen LogP contribution in [0.1, 0.15) is 200 Å². The Morgan fingerprint density at radius 3 is 1.40 bits per heavy atom. The van der Waals surface area contributed by atoms with Crippen molar-refractivity contribution in [1.82, 2.24) is 0 Å². The molecule has 0 spiro atoms. The molecule has 0 aliphatic carbocycles. The van der Waals surface area contributed by atoms with Crippen LogP contribution in [0.25, 0.3) is 0 Å². The summed E-state index contributed by atoms with van der Waals surface area (Å²) >= 11 is 0. The van der Waals surface area contributed by atoms with E-state index in [0.29, 0.717) is 17.4 Å². The number of phosphoric ester groups is 1. The monoisotopic (exact) mass is 774 g/mol. The molecule has 0 aliphatic rings. The molecule has 0 aromatic rings. The average Bonchev–Trinajstić information content (AvgIpc) is 3.10. The number of nitrogens with zero attached hydrogens (tertiary/aromatic N) is 1. The van der Waals surface area contributed by atoms with Crippen LogP contribution >= 0.6 is 7.82 Å². The molecule has 0 saturated carbocycles. The molecule has 314 valence electrons. The van der Waals surface area contributed by atoms with Crippen molar-refractivity contribution in [2.45, 2.75) is 206 Å². The van der Waals surface area contributed by atoms with Crippen LogP contribution in [0.15, 0.2) is 12.2 Å². The van der Waals surface area contributed by atoms with Gasteiger partial charge in [0.1, 0.15) is 19.8 Å². The summed E-state index contributed by atoms with van der Waals surface area (Å²) in [4.78, 5) is 37.4. The fraction of sp³-hybridized carbons (Fsp3) is 0.907. The second-order valence-corrected chi connectivity index (χ2v) is 17.5. The highest BCUT2D eigenvalue weighted by atomic mass is 31.2. The third-order valence-corrected chi connectivity index (χ3v) is 10.5. The first kappa shape index (κ1) is 51.8. The van der Waals surface area contributed by atoms with Gasteiger partial charge in [0.2, 0.25) is 0 Å². The van der Waals surface area contributed by atoms with Crippen molar-refractivity contribution in [3.8, 4) is 0 Å². The van der Waals surface area contributed by atoms with Crippen LogP contribution in [0.3, 0.4) is 0 Å².